The van der Waals surface area contributed by atoms with E-state index < -0.39 is 0 Å². The summed E-state index contributed by atoms with van der Waals surface area (Å²) in [6, 6.07) is 3.92. The van der Waals surface area contributed by atoms with Crippen LogP contribution in [0.5, 0.6) is 11.8 Å². The molecule has 4 nitrogen and oxygen atoms in total. The van der Waals surface area contributed by atoms with Crippen LogP contribution in [0.2, 0.25) is 0 Å². The van der Waals surface area contributed by atoms with Crippen LogP contribution >= 0.6 is 12.4 Å². The first-order valence-electron chi connectivity index (χ1n) is 5.79. The molecule has 0 aliphatic carbocycles. The number of hydrogen-bond acceptors (Lipinski definition) is 4. The van der Waals surface area contributed by atoms with E-state index in [9.17, 15) is 0 Å². The lowest BCUT2D eigenvalue weighted by atomic mass is 10.2. The van der Waals surface area contributed by atoms with E-state index in [0.29, 0.717) is 18.4 Å². The van der Waals surface area contributed by atoms with Crippen LogP contribution in [-0.4, -0.2) is 24.2 Å². The van der Waals surface area contributed by atoms with Crippen molar-refractivity contribution >= 4 is 12.4 Å². The molecule has 0 aromatic carbocycles. The molecule has 2 rings (SSSR count). The molecule has 1 aromatic rings. The van der Waals surface area contributed by atoms with Crippen molar-refractivity contribution in [2.45, 2.75) is 32.9 Å². The number of nitrogens with one attached hydrogen (secondary N) is 1. The number of rotatable bonds is 3. The molecular formula is C12H19ClN2O2. The van der Waals surface area contributed by atoms with Gasteiger partial charge in [0.25, 0.3) is 0 Å². The van der Waals surface area contributed by atoms with Crippen LogP contribution < -0.4 is 14.8 Å². The second-order valence-electron chi connectivity index (χ2n) is 3.98. The number of aromatic nitrogens is 1. The maximum absolute atomic E-state index is 5.66. The Labute approximate surface area is 108 Å². The standard InChI is InChI=1S/C12H18N2O2.ClH/c1-3-9(2)16-11-5-4-10-8-13-6-7-15-12(10)14-11;/h4-5,9,13H,3,6-8H2,1-2H3;1H/t9-;/m1./s1. The fourth-order valence-corrected chi connectivity index (χ4v) is 1.51. The molecule has 0 fully saturated rings. The Hall–Kier alpha value is -1.00. The van der Waals surface area contributed by atoms with Gasteiger partial charge in [-0.15, -0.1) is 12.4 Å². The summed E-state index contributed by atoms with van der Waals surface area (Å²) in [4.78, 5) is 4.38. The van der Waals surface area contributed by atoms with Crippen molar-refractivity contribution < 1.29 is 9.47 Å². The second-order valence-corrected chi connectivity index (χ2v) is 3.98. The summed E-state index contributed by atoms with van der Waals surface area (Å²) in [5.74, 6) is 1.35. The molecule has 0 radical (unpaired) electrons. The van der Waals surface area contributed by atoms with Gasteiger partial charge in [-0.1, -0.05) is 6.92 Å². The van der Waals surface area contributed by atoms with E-state index in [1.807, 2.05) is 19.1 Å². The maximum atomic E-state index is 5.66. The van der Waals surface area contributed by atoms with Gasteiger partial charge in [0.15, 0.2) is 0 Å². The molecule has 2 heterocycles. The largest absolute Gasteiger partial charge is 0.476 e. The molecule has 0 unspecified atom stereocenters. The molecule has 1 aliphatic heterocycles. The SMILES string of the molecule is CC[C@@H](C)Oc1ccc2c(n1)OCCNC2.Cl. The van der Waals surface area contributed by atoms with Crippen LogP contribution in [0.4, 0.5) is 0 Å². The first-order valence-corrected chi connectivity index (χ1v) is 5.79. The molecular weight excluding hydrogens is 240 g/mol. The van der Waals surface area contributed by atoms with Crippen LogP contribution in [0.1, 0.15) is 25.8 Å². The Balaban J connectivity index is 0.00000144. The summed E-state index contributed by atoms with van der Waals surface area (Å²) < 4.78 is 11.2. The molecule has 1 N–H and O–H groups in total. The normalized spacial score (nSPS) is 15.9. The average Bonchev–Trinajstić information content (AvgIpc) is 2.53. The highest BCUT2D eigenvalue weighted by Crippen LogP contribution is 2.22. The Kier molecular flexibility index (Phi) is 5.51. The van der Waals surface area contributed by atoms with Gasteiger partial charge < -0.3 is 14.8 Å². The fourth-order valence-electron chi connectivity index (χ4n) is 1.51. The third kappa shape index (κ3) is 3.75. The van der Waals surface area contributed by atoms with Crippen molar-refractivity contribution in [3.05, 3.63) is 17.7 Å². The van der Waals surface area contributed by atoms with E-state index in [0.717, 1.165) is 25.1 Å². The third-order valence-corrected chi connectivity index (χ3v) is 2.64. The number of fused-ring (bicyclic) bond motifs is 1. The number of halogens is 1. The maximum Gasteiger partial charge on any atom is 0.221 e. The lowest BCUT2D eigenvalue weighted by Crippen LogP contribution is -2.16. The van der Waals surface area contributed by atoms with Crippen LogP contribution in [0.25, 0.3) is 0 Å². The van der Waals surface area contributed by atoms with E-state index in [-0.39, 0.29) is 18.5 Å². The summed E-state index contributed by atoms with van der Waals surface area (Å²) in [5.41, 5.74) is 1.09. The van der Waals surface area contributed by atoms with Gasteiger partial charge in [0.05, 0.1) is 6.10 Å². The molecule has 0 amide bonds. The number of pyridine rings is 1. The summed E-state index contributed by atoms with van der Waals surface area (Å²) in [5, 5.41) is 3.27. The van der Waals surface area contributed by atoms with Crippen molar-refractivity contribution in [3.8, 4) is 11.8 Å². The van der Waals surface area contributed by atoms with Crippen LogP contribution in [0.3, 0.4) is 0 Å². The van der Waals surface area contributed by atoms with Crippen molar-refractivity contribution in [2.24, 2.45) is 0 Å². The molecule has 96 valence electrons. The van der Waals surface area contributed by atoms with Crippen LogP contribution in [0, 0.1) is 0 Å². The molecule has 1 atom stereocenters. The van der Waals surface area contributed by atoms with Gasteiger partial charge in [-0.05, 0) is 19.4 Å². The third-order valence-electron chi connectivity index (χ3n) is 2.64. The van der Waals surface area contributed by atoms with Gasteiger partial charge >= 0.3 is 0 Å². The minimum absolute atomic E-state index is 0. The highest BCUT2D eigenvalue weighted by molar-refractivity contribution is 5.85. The zero-order valence-electron chi connectivity index (χ0n) is 10.2. The second kappa shape index (κ2) is 6.67. The first kappa shape index (κ1) is 14.1. The Morgan fingerprint density at radius 3 is 3.12 bits per heavy atom. The molecule has 0 bridgehead atoms. The number of nitrogens with zero attached hydrogens (tertiary/aromatic N) is 1. The topological polar surface area (TPSA) is 43.4 Å². The predicted molar refractivity (Wildman–Crippen MR) is 69.1 cm³/mol. The summed E-state index contributed by atoms with van der Waals surface area (Å²) in [6.45, 7) is 6.46. The zero-order chi connectivity index (χ0) is 11.4. The molecule has 0 saturated heterocycles. The van der Waals surface area contributed by atoms with Crippen LogP contribution in [-0.2, 0) is 6.54 Å². The monoisotopic (exact) mass is 258 g/mol. The highest BCUT2D eigenvalue weighted by atomic mass is 35.5. The Morgan fingerprint density at radius 2 is 2.35 bits per heavy atom. The average molecular weight is 259 g/mol. The first-order chi connectivity index (χ1) is 7.79. The van der Waals surface area contributed by atoms with Crippen molar-refractivity contribution in [1.29, 1.82) is 0 Å². The molecule has 1 aliphatic rings. The van der Waals surface area contributed by atoms with Gasteiger partial charge in [-0.25, -0.2) is 0 Å². The highest BCUT2D eigenvalue weighted by Gasteiger charge is 2.12. The van der Waals surface area contributed by atoms with E-state index >= 15 is 0 Å². The van der Waals surface area contributed by atoms with Gasteiger partial charge in [-0.2, -0.15) is 4.98 Å². The van der Waals surface area contributed by atoms with E-state index in [1.54, 1.807) is 0 Å². The van der Waals surface area contributed by atoms with Gasteiger partial charge in [0.1, 0.15) is 6.61 Å². The molecule has 5 heteroatoms. The van der Waals surface area contributed by atoms with Gasteiger partial charge in [0, 0.05) is 24.7 Å². The van der Waals surface area contributed by atoms with E-state index in [4.69, 9.17) is 9.47 Å². The van der Waals surface area contributed by atoms with Crippen molar-refractivity contribution in [2.75, 3.05) is 13.2 Å². The number of hydrogen-bond donors (Lipinski definition) is 1. The molecule has 1 aromatic heterocycles. The molecule has 0 spiro atoms. The predicted octanol–water partition coefficient (Wildman–Crippen LogP) is 2.16. The lowest BCUT2D eigenvalue weighted by molar-refractivity contribution is 0.204. The summed E-state index contributed by atoms with van der Waals surface area (Å²) in [6.07, 6.45) is 1.16. The summed E-state index contributed by atoms with van der Waals surface area (Å²) >= 11 is 0. The number of ether oxygens (including phenoxy) is 2. The smallest absolute Gasteiger partial charge is 0.221 e. The molecule has 0 saturated carbocycles. The minimum atomic E-state index is 0. The van der Waals surface area contributed by atoms with Gasteiger partial charge in [-0.3, -0.25) is 0 Å². The van der Waals surface area contributed by atoms with E-state index in [2.05, 4.69) is 17.2 Å². The van der Waals surface area contributed by atoms with Crippen LogP contribution in [0.15, 0.2) is 12.1 Å². The fraction of sp³-hybridized carbons (Fsp3) is 0.583. The Bertz CT molecular complexity index is 360. The summed E-state index contributed by atoms with van der Waals surface area (Å²) in [7, 11) is 0. The van der Waals surface area contributed by atoms with Gasteiger partial charge in [0.2, 0.25) is 11.8 Å². The minimum Gasteiger partial charge on any atom is -0.476 e. The van der Waals surface area contributed by atoms with E-state index in [1.165, 1.54) is 0 Å². The lowest BCUT2D eigenvalue weighted by Gasteiger charge is -2.13. The Morgan fingerprint density at radius 1 is 1.53 bits per heavy atom. The quantitative estimate of drug-likeness (QED) is 0.902. The zero-order valence-corrected chi connectivity index (χ0v) is 11.0. The molecule has 17 heavy (non-hydrogen) atoms. The van der Waals surface area contributed by atoms with Crippen molar-refractivity contribution in [3.63, 3.8) is 0 Å². The van der Waals surface area contributed by atoms with Crippen molar-refractivity contribution in [1.82, 2.24) is 10.3 Å².